The van der Waals surface area contributed by atoms with E-state index in [9.17, 15) is 5.11 Å². The number of hydrogen-bond acceptors (Lipinski definition) is 6. The van der Waals surface area contributed by atoms with Gasteiger partial charge in [0.15, 0.2) is 6.29 Å². The van der Waals surface area contributed by atoms with E-state index in [0.717, 1.165) is 36.5 Å². The zero-order valence-corrected chi connectivity index (χ0v) is 18.6. The zero-order valence-electron chi connectivity index (χ0n) is 17.8. The zero-order chi connectivity index (χ0) is 21.3. The minimum atomic E-state index is -0.495. The molecule has 6 heteroatoms. The van der Waals surface area contributed by atoms with Gasteiger partial charge in [-0.2, -0.15) is 11.8 Å². The molecule has 0 saturated carbocycles. The fourth-order valence-corrected chi connectivity index (χ4v) is 5.50. The molecule has 0 spiro atoms. The molecule has 0 bridgehead atoms. The highest BCUT2D eigenvalue weighted by atomic mass is 32.2. The van der Waals surface area contributed by atoms with Crippen LogP contribution in [0.1, 0.15) is 30.4 Å². The predicted octanol–water partition coefficient (Wildman–Crippen LogP) is 4.18. The van der Waals surface area contributed by atoms with E-state index in [1.807, 2.05) is 36.4 Å². The van der Waals surface area contributed by atoms with Crippen LogP contribution in [0.15, 0.2) is 60.7 Å². The average molecular weight is 445 g/mol. The lowest BCUT2D eigenvalue weighted by atomic mass is 10.0. The Morgan fingerprint density at radius 3 is 2.16 bits per heavy atom. The highest BCUT2D eigenvalue weighted by Crippen LogP contribution is 2.36. The van der Waals surface area contributed by atoms with Gasteiger partial charge in [-0.25, -0.2) is 0 Å². The van der Waals surface area contributed by atoms with E-state index in [1.54, 1.807) is 11.8 Å². The number of thioether (sulfide) groups is 1. The van der Waals surface area contributed by atoms with Gasteiger partial charge >= 0.3 is 0 Å². The molecule has 2 aromatic carbocycles. The first-order chi connectivity index (χ1) is 15.3. The molecule has 4 rings (SSSR count). The summed E-state index contributed by atoms with van der Waals surface area (Å²) in [7, 11) is 0. The van der Waals surface area contributed by atoms with E-state index in [2.05, 4.69) is 24.3 Å². The largest absolute Gasteiger partial charge is 0.392 e. The minimum absolute atomic E-state index is 0.0342. The summed E-state index contributed by atoms with van der Waals surface area (Å²) in [4.78, 5) is 0. The molecular formula is C25H32O5S. The van der Waals surface area contributed by atoms with E-state index >= 15 is 0 Å². The Bertz CT molecular complexity index is 753. The lowest BCUT2D eigenvalue weighted by Crippen LogP contribution is -2.40. The predicted molar refractivity (Wildman–Crippen MR) is 122 cm³/mol. The molecule has 168 valence electrons. The van der Waals surface area contributed by atoms with Crippen LogP contribution in [0.3, 0.4) is 0 Å². The molecule has 4 atom stereocenters. The summed E-state index contributed by atoms with van der Waals surface area (Å²) in [5.74, 6) is 0.810. The number of aliphatic hydroxyl groups is 1. The summed E-state index contributed by atoms with van der Waals surface area (Å²) >= 11 is 1.74. The number of rotatable bonds is 10. The maximum Gasteiger partial charge on any atom is 0.157 e. The van der Waals surface area contributed by atoms with Gasteiger partial charge in [-0.15, -0.1) is 0 Å². The molecular weight excluding hydrogens is 412 g/mol. The molecule has 2 saturated heterocycles. The van der Waals surface area contributed by atoms with Crippen LogP contribution in [-0.2, 0) is 32.2 Å². The standard InChI is InChI=1S/C25H32O5S/c26-21(12-13-23-27-14-7-15-28-23)25-24(30-17-20-10-5-2-6-11-20)22(18-31-25)29-16-19-8-3-1-4-9-19/h1-6,8-11,21-26H,7,12-18H2/t21-,22-,24+,25-/m1/s1. The van der Waals surface area contributed by atoms with Crippen LogP contribution in [0, 0.1) is 0 Å². The lowest BCUT2D eigenvalue weighted by molar-refractivity contribution is -0.184. The second kappa shape index (κ2) is 12.0. The summed E-state index contributed by atoms with van der Waals surface area (Å²) in [6, 6.07) is 20.3. The lowest BCUT2D eigenvalue weighted by Gasteiger charge is -2.29. The van der Waals surface area contributed by atoms with Gasteiger partial charge in [0, 0.05) is 12.2 Å². The Balaban J connectivity index is 1.36. The first kappa shape index (κ1) is 22.8. The van der Waals surface area contributed by atoms with Crippen molar-refractivity contribution in [1.82, 2.24) is 0 Å². The van der Waals surface area contributed by atoms with E-state index < -0.39 is 6.10 Å². The minimum Gasteiger partial charge on any atom is -0.392 e. The van der Waals surface area contributed by atoms with Crippen LogP contribution in [0.4, 0.5) is 0 Å². The van der Waals surface area contributed by atoms with Gasteiger partial charge in [-0.05, 0) is 24.0 Å². The van der Waals surface area contributed by atoms with Crippen LogP contribution < -0.4 is 0 Å². The Labute approximate surface area is 189 Å². The average Bonchev–Trinajstić information content (AvgIpc) is 3.24. The molecule has 0 amide bonds. The molecule has 1 N–H and O–H groups in total. The molecule has 0 unspecified atom stereocenters. The van der Waals surface area contributed by atoms with Crippen molar-refractivity contribution in [2.45, 2.75) is 62.3 Å². The number of aliphatic hydroxyl groups excluding tert-OH is 1. The third kappa shape index (κ3) is 6.78. The molecule has 0 aliphatic carbocycles. The first-order valence-electron chi connectivity index (χ1n) is 11.1. The maximum atomic E-state index is 11.0. The van der Waals surface area contributed by atoms with Crippen molar-refractivity contribution in [3.8, 4) is 0 Å². The van der Waals surface area contributed by atoms with Crippen molar-refractivity contribution in [2.24, 2.45) is 0 Å². The molecule has 0 radical (unpaired) electrons. The SMILES string of the molecule is O[C@H](CCC1OCCCO1)[C@H]1SC[C@@H](OCc2ccccc2)[C@@H]1OCc1ccccc1. The van der Waals surface area contributed by atoms with Gasteiger partial charge in [0.1, 0.15) is 0 Å². The maximum absolute atomic E-state index is 11.0. The van der Waals surface area contributed by atoms with Gasteiger partial charge in [-0.3, -0.25) is 0 Å². The van der Waals surface area contributed by atoms with Crippen LogP contribution in [0.25, 0.3) is 0 Å². The van der Waals surface area contributed by atoms with Crippen LogP contribution in [-0.4, -0.2) is 53.9 Å². The van der Waals surface area contributed by atoms with Gasteiger partial charge in [0.25, 0.3) is 0 Å². The molecule has 31 heavy (non-hydrogen) atoms. The summed E-state index contributed by atoms with van der Waals surface area (Å²) in [6.07, 6.45) is 1.33. The highest BCUT2D eigenvalue weighted by molar-refractivity contribution is 8.00. The fourth-order valence-electron chi connectivity index (χ4n) is 4.00. The fraction of sp³-hybridized carbons (Fsp3) is 0.520. The molecule has 2 heterocycles. The third-order valence-corrected chi connectivity index (χ3v) is 7.20. The van der Waals surface area contributed by atoms with E-state index in [0.29, 0.717) is 26.1 Å². The highest BCUT2D eigenvalue weighted by Gasteiger charge is 2.42. The quantitative estimate of drug-likeness (QED) is 0.593. The van der Waals surface area contributed by atoms with Gasteiger partial charge in [-0.1, -0.05) is 60.7 Å². The van der Waals surface area contributed by atoms with Crippen molar-refractivity contribution in [3.05, 3.63) is 71.8 Å². The smallest absolute Gasteiger partial charge is 0.157 e. The second-order valence-electron chi connectivity index (χ2n) is 8.06. The van der Waals surface area contributed by atoms with Crippen LogP contribution >= 0.6 is 11.8 Å². The Kier molecular flexibility index (Phi) is 8.81. The summed E-state index contributed by atoms with van der Waals surface area (Å²) in [5, 5.41) is 10.9. The summed E-state index contributed by atoms with van der Waals surface area (Å²) in [6.45, 7) is 2.52. The summed E-state index contributed by atoms with van der Waals surface area (Å²) in [5.41, 5.74) is 2.27. The second-order valence-corrected chi connectivity index (χ2v) is 9.27. The first-order valence-corrected chi connectivity index (χ1v) is 12.2. The van der Waals surface area contributed by atoms with Crippen LogP contribution in [0.2, 0.25) is 0 Å². The van der Waals surface area contributed by atoms with Gasteiger partial charge in [0.05, 0.1) is 50.0 Å². The van der Waals surface area contributed by atoms with Crippen molar-refractivity contribution in [3.63, 3.8) is 0 Å². The Morgan fingerprint density at radius 2 is 1.52 bits per heavy atom. The van der Waals surface area contributed by atoms with Crippen LogP contribution in [0.5, 0.6) is 0 Å². The van der Waals surface area contributed by atoms with E-state index in [4.69, 9.17) is 18.9 Å². The monoisotopic (exact) mass is 444 g/mol. The van der Waals surface area contributed by atoms with Gasteiger partial charge < -0.3 is 24.1 Å². The third-order valence-electron chi connectivity index (χ3n) is 5.71. The number of benzene rings is 2. The van der Waals surface area contributed by atoms with E-state index in [-0.39, 0.29) is 23.7 Å². The number of hydrogen-bond donors (Lipinski definition) is 1. The van der Waals surface area contributed by atoms with Crippen molar-refractivity contribution in [2.75, 3.05) is 19.0 Å². The topological polar surface area (TPSA) is 57.2 Å². The molecule has 0 aromatic heterocycles. The molecule has 2 aliphatic rings. The number of ether oxygens (including phenoxy) is 4. The molecule has 2 aromatic rings. The Hall–Kier alpha value is -1.41. The molecule has 5 nitrogen and oxygen atoms in total. The molecule has 2 aliphatic heterocycles. The van der Waals surface area contributed by atoms with Gasteiger partial charge in [0.2, 0.25) is 0 Å². The van der Waals surface area contributed by atoms with Crippen molar-refractivity contribution < 1.29 is 24.1 Å². The Morgan fingerprint density at radius 1 is 0.903 bits per heavy atom. The van der Waals surface area contributed by atoms with Crippen molar-refractivity contribution in [1.29, 1.82) is 0 Å². The summed E-state index contributed by atoms with van der Waals surface area (Å²) < 4.78 is 23.9. The van der Waals surface area contributed by atoms with E-state index in [1.165, 1.54) is 0 Å². The van der Waals surface area contributed by atoms with Crippen molar-refractivity contribution >= 4 is 11.8 Å². The molecule has 2 fully saturated rings. The normalized spacial score (nSPS) is 25.5.